The Kier molecular flexibility index (Phi) is 4.59. The Morgan fingerprint density at radius 2 is 2.00 bits per heavy atom. The van der Waals surface area contributed by atoms with Crippen LogP contribution in [0.1, 0.15) is 27.4 Å². The number of pyridine rings is 1. The van der Waals surface area contributed by atoms with Crippen molar-refractivity contribution in [3.8, 4) is 11.5 Å². The molecular weight excluding hydrogens is 394 g/mol. The van der Waals surface area contributed by atoms with E-state index in [0.29, 0.717) is 39.5 Å². The topological polar surface area (TPSA) is 99.0 Å². The van der Waals surface area contributed by atoms with Crippen LogP contribution in [-0.4, -0.2) is 25.6 Å². The molecule has 4 heterocycles. The van der Waals surface area contributed by atoms with Gasteiger partial charge in [-0.1, -0.05) is 17.3 Å². The predicted molar refractivity (Wildman–Crippen MR) is 115 cm³/mol. The van der Waals surface area contributed by atoms with Crippen LogP contribution in [0.4, 0.5) is 5.69 Å². The van der Waals surface area contributed by atoms with Crippen LogP contribution in [0.15, 0.2) is 70.1 Å². The minimum absolute atomic E-state index is 0.273. The fraction of sp³-hybridized carbons (Fsp3) is 0.130. The normalized spacial score (nSPS) is 11.2. The van der Waals surface area contributed by atoms with Crippen molar-refractivity contribution in [3.63, 3.8) is 0 Å². The molecule has 0 saturated heterocycles. The van der Waals surface area contributed by atoms with E-state index in [0.717, 1.165) is 17.9 Å². The van der Waals surface area contributed by atoms with Gasteiger partial charge in [0.15, 0.2) is 5.76 Å². The zero-order chi connectivity index (χ0) is 21.4. The van der Waals surface area contributed by atoms with E-state index in [2.05, 4.69) is 25.0 Å². The number of hydrogen-bond donors (Lipinski definition) is 1. The highest BCUT2D eigenvalue weighted by Crippen LogP contribution is 2.28. The Morgan fingerprint density at radius 3 is 2.71 bits per heavy atom. The van der Waals surface area contributed by atoms with Gasteiger partial charge in [-0.3, -0.25) is 4.79 Å². The smallest absolute Gasteiger partial charge is 0.259 e. The van der Waals surface area contributed by atoms with Crippen molar-refractivity contribution in [2.75, 3.05) is 5.32 Å². The number of carbonyl (C=O) groups excluding carboxylic acids is 1. The van der Waals surface area contributed by atoms with Crippen LogP contribution in [-0.2, 0) is 6.54 Å². The average Bonchev–Trinajstić information content (AvgIpc) is 3.52. The SMILES string of the molecule is Cc1noc2nc(-c3ccco3)cc(C(=O)Nc3ccc(Cn4ccnc4C)cc3)c12. The van der Waals surface area contributed by atoms with Crippen LogP contribution >= 0.6 is 0 Å². The summed E-state index contributed by atoms with van der Waals surface area (Å²) < 4.78 is 12.8. The minimum atomic E-state index is -0.273. The first-order chi connectivity index (χ1) is 15.1. The third-order valence-corrected chi connectivity index (χ3v) is 5.12. The van der Waals surface area contributed by atoms with Crippen molar-refractivity contribution in [1.29, 1.82) is 0 Å². The van der Waals surface area contributed by atoms with Gasteiger partial charge in [-0.2, -0.15) is 0 Å². The number of furan rings is 1. The van der Waals surface area contributed by atoms with Crippen LogP contribution in [0.5, 0.6) is 0 Å². The number of amides is 1. The molecule has 154 valence electrons. The van der Waals surface area contributed by atoms with Gasteiger partial charge in [0.05, 0.1) is 22.9 Å². The van der Waals surface area contributed by atoms with Gasteiger partial charge >= 0.3 is 0 Å². The molecule has 4 aromatic heterocycles. The molecule has 31 heavy (non-hydrogen) atoms. The first kappa shape index (κ1) is 18.8. The summed E-state index contributed by atoms with van der Waals surface area (Å²) in [7, 11) is 0. The van der Waals surface area contributed by atoms with Gasteiger partial charge in [0.2, 0.25) is 0 Å². The fourth-order valence-electron chi connectivity index (χ4n) is 3.48. The van der Waals surface area contributed by atoms with Gasteiger partial charge in [0.25, 0.3) is 11.6 Å². The Balaban J connectivity index is 1.42. The standard InChI is InChI=1S/C23H19N5O3/c1-14-21-18(12-19(20-4-3-11-30-20)26-23(21)31-27-14)22(29)25-17-7-5-16(6-8-17)13-28-10-9-24-15(28)2/h3-12H,13H2,1-2H3,(H,25,29). The quantitative estimate of drug-likeness (QED) is 0.452. The summed E-state index contributed by atoms with van der Waals surface area (Å²) in [6.07, 6.45) is 5.28. The zero-order valence-electron chi connectivity index (χ0n) is 17.0. The summed E-state index contributed by atoms with van der Waals surface area (Å²) in [5.74, 6) is 1.23. The predicted octanol–water partition coefficient (Wildman–Crippen LogP) is 4.60. The number of imidazole rings is 1. The maximum Gasteiger partial charge on any atom is 0.259 e. The lowest BCUT2D eigenvalue weighted by molar-refractivity contribution is 0.102. The second kappa shape index (κ2) is 7.56. The molecule has 5 rings (SSSR count). The Labute approximate surface area is 177 Å². The van der Waals surface area contributed by atoms with Crippen molar-refractivity contribution in [3.05, 3.63) is 83.8 Å². The van der Waals surface area contributed by atoms with Gasteiger partial charge in [-0.25, -0.2) is 9.97 Å². The molecule has 0 spiro atoms. The molecule has 0 aliphatic rings. The maximum absolute atomic E-state index is 13.1. The number of aromatic nitrogens is 4. The van der Waals surface area contributed by atoms with Crippen LogP contribution in [0.3, 0.4) is 0 Å². The van der Waals surface area contributed by atoms with Crippen LogP contribution < -0.4 is 5.32 Å². The van der Waals surface area contributed by atoms with E-state index in [4.69, 9.17) is 8.94 Å². The number of nitrogens with one attached hydrogen (secondary N) is 1. The first-order valence-electron chi connectivity index (χ1n) is 9.77. The summed E-state index contributed by atoms with van der Waals surface area (Å²) in [5, 5.41) is 7.50. The van der Waals surface area contributed by atoms with E-state index in [-0.39, 0.29) is 5.91 Å². The Bertz CT molecular complexity index is 1360. The molecule has 0 bridgehead atoms. The van der Waals surface area contributed by atoms with Crippen molar-refractivity contribution in [2.45, 2.75) is 20.4 Å². The molecule has 1 N–H and O–H groups in total. The molecule has 0 atom stereocenters. The fourth-order valence-corrected chi connectivity index (χ4v) is 3.48. The molecule has 0 saturated carbocycles. The summed E-state index contributed by atoms with van der Waals surface area (Å²) in [6.45, 7) is 4.47. The summed E-state index contributed by atoms with van der Waals surface area (Å²) in [5.41, 5.74) is 3.63. The zero-order valence-corrected chi connectivity index (χ0v) is 17.0. The number of aryl methyl sites for hydroxylation is 2. The van der Waals surface area contributed by atoms with E-state index in [1.54, 1.807) is 37.6 Å². The van der Waals surface area contributed by atoms with Gasteiger partial charge in [0.1, 0.15) is 11.5 Å². The minimum Gasteiger partial charge on any atom is -0.463 e. The second-order valence-electron chi connectivity index (χ2n) is 7.23. The molecule has 1 aromatic carbocycles. The lowest BCUT2D eigenvalue weighted by Crippen LogP contribution is -2.13. The Morgan fingerprint density at radius 1 is 1.16 bits per heavy atom. The van der Waals surface area contributed by atoms with Gasteiger partial charge in [-0.15, -0.1) is 0 Å². The second-order valence-corrected chi connectivity index (χ2v) is 7.23. The third kappa shape index (κ3) is 3.59. The van der Waals surface area contributed by atoms with Gasteiger partial charge in [-0.05, 0) is 49.7 Å². The highest BCUT2D eigenvalue weighted by molar-refractivity contribution is 6.12. The number of nitrogens with zero attached hydrogens (tertiary/aromatic N) is 4. The molecule has 0 fully saturated rings. The molecular formula is C23H19N5O3. The van der Waals surface area contributed by atoms with E-state index in [9.17, 15) is 4.79 Å². The monoisotopic (exact) mass is 413 g/mol. The van der Waals surface area contributed by atoms with Crippen molar-refractivity contribution >= 4 is 22.7 Å². The summed E-state index contributed by atoms with van der Waals surface area (Å²) >= 11 is 0. The van der Waals surface area contributed by atoms with E-state index in [1.165, 1.54) is 0 Å². The molecule has 8 heteroatoms. The average molecular weight is 413 g/mol. The molecule has 0 unspecified atom stereocenters. The van der Waals surface area contributed by atoms with Crippen LogP contribution in [0.2, 0.25) is 0 Å². The molecule has 0 radical (unpaired) electrons. The van der Waals surface area contributed by atoms with Gasteiger partial charge in [0, 0.05) is 24.6 Å². The summed E-state index contributed by atoms with van der Waals surface area (Å²) in [6, 6.07) is 13.0. The van der Waals surface area contributed by atoms with E-state index in [1.807, 2.05) is 37.4 Å². The van der Waals surface area contributed by atoms with Crippen molar-refractivity contribution < 1.29 is 13.7 Å². The molecule has 8 nitrogen and oxygen atoms in total. The molecule has 0 aliphatic carbocycles. The number of carbonyl (C=O) groups is 1. The number of rotatable bonds is 5. The third-order valence-electron chi connectivity index (χ3n) is 5.12. The number of fused-ring (bicyclic) bond motifs is 1. The maximum atomic E-state index is 13.1. The first-order valence-corrected chi connectivity index (χ1v) is 9.77. The Hall–Kier alpha value is -4.20. The highest BCUT2D eigenvalue weighted by Gasteiger charge is 2.20. The molecule has 0 aliphatic heterocycles. The van der Waals surface area contributed by atoms with E-state index >= 15 is 0 Å². The highest BCUT2D eigenvalue weighted by atomic mass is 16.5. The molecule has 5 aromatic rings. The summed E-state index contributed by atoms with van der Waals surface area (Å²) in [4.78, 5) is 21.8. The van der Waals surface area contributed by atoms with E-state index < -0.39 is 0 Å². The van der Waals surface area contributed by atoms with Crippen LogP contribution in [0.25, 0.3) is 22.6 Å². The van der Waals surface area contributed by atoms with Crippen LogP contribution in [0, 0.1) is 13.8 Å². The largest absolute Gasteiger partial charge is 0.463 e. The number of benzene rings is 1. The van der Waals surface area contributed by atoms with Gasteiger partial charge < -0.3 is 18.8 Å². The lowest BCUT2D eigenvalue weighted by Gasteiger charge is -2.09. The van der Waals surface area contributed by atoms with Crippen molar-refractivity contribution in [1.82, 2.24) is 19.7 Å². The van der Waals surface area contributed by atoms with Crippen molar-refractivity contribution in [2.24, 2.45) is 0 Å². The lowest BCUT2D eigenvalue weighted by atomic mass is 10.1. The number of hydrogen-bond acceptors (Lipinski definition) is 6. The molecule has 1 amide bonds. The number of anilines is 1.